The van der Waals surface area contributed by atoms with E-state index >= 15 is 0 Å². The first-order chi connectivity index (χ1) is 17.4. The summed E-state index contributed by atoms with van der Waals surface area (Å²) >= 11 is 8.03. The molecule has 0 amide bonds. The quantitative estimate of drug-likeness (QED) is 0.229. The number of fused-ring (bicyclic) bond motifs is 1. The Morgan fingerprint density at radius 2 is 2.00 bits per heavy atom. The Morgan fingerprint density at radius 3 is 2.72 bits per heavy atom. The van der Waals surface area contributed by atoms with Crippen molar-refractivity contribution in [3.63, 3.8) is 0 Å². The van der Waals surface area contributed by atoms with Crippen molar-refractivity contribution in [1.29, 1.82) is 0 Å². The summed E-state index contributed by atoms with van der Waals surface area (Å²) in [5.41, 5.74) is 1.22. The standard InChI is InChI=1S/C28H34ClFN2O3S/c1-35-20-7-8-24-21(17-20)27(22(29)18-31-24)25(34)9-10-28(19-33)11-14-32(15-12-28)13-4-16-36-26-6-3-2-5-23(26)30/h2-3,5-8,17-18,25,33-34H,4,9-16,19H2,1H3/t25-/m0/s1. The number of pyridine rings is 1. The minimum atomic E-state index is -0.757. The number of ether oxygens (including phenoxy) is 1. The molecule has 5 nitrogen and oxygen atoms in total. The number of benzene rings is 2. The van der Waals surface area contributed by atoms with E-state index in [2.05, 4.69) is 9.88 Å². The number of likely N-dealkylation sites (tertiary alicyclic amines) is 1. The SMILES string of the molecule is COc1ccc2ncc(Cl)c([C@@H](O)CCC3(CO)CCN(CCCSc4ccccc4F)CC3)c2c1. The lowest BCUT2D eigenvalue weighted by Crippen LogP contribution is -2.42. The Hall–Kier alpha value is -1.90. The molecular weight excluding hydrogens is 499 g/mol. The minimum absolute atomic E-state index is 0.106. The predicted molar refractivity (Wildman–Crippen MR) is 144 cm³/mol. The van der Waals surface area contributed by atoms with Crippen LogP contribution in [0, 0.1) is 11.2 Å². The molecule has 1 atom stereocenters. The Kier molecular flexibility index (Phi) is 9.47. The van der Waals surface area contributed by atoms with Gasteiger partial charge in [0.15, 0.2) is 0 Å². The number of halogens is 2. The number of nitrogens with zero attached hydrogens (tertiary/aromatic N) is 2. The van der Waals surface area contributed by atoms with Crippen LogP contribution in [0.3, 0.4) is 0 Å². The topological polar surface area (TPSA) is 65.8 Å². The Bertz CT molecular complexity index is 1160. The van der Waals surface area contributed by atoms with E-state index in [1.165, 1.54) is 6.07 Å². The van der Waals surface area contributed by atoms with E-state index in [4.69, 9.17) is 16.3 Å². The van der Waals surface area contributed by atoms with Crippen LogP contribution in [0.4, 0.5) is 4.39 Å². The number of aliphatic hydroxyl groups excluding tert-OH is 2. The van der Waals surface area contributed by atoms with Gasteiger partial charge < -0.3 is 19.8 Å². The van der Waals surface area contributed by atoms with E-state index in [-0.39, 0.29) is 17.8 Å². The third kappa shape index (κ3) is 6.50. The highest BCUT2D eigenvalue weighted by atomic mass is 35.5. The van der Waals surface area contributed by atoms with Crippen molar-refractivity contribution in [2.75, 3.05) is 39.1 Å². The third-order valence-electron chi connectivity index (χ3n) is 7.31. The van der Waals surface area contributed by atoms with E-state index in [0.29, 0.717) is 34.1 Å². The number of piperidine rings is 1. The van der Waals surface area contributed by atoms with Crippen LogP contribution in [0.15, 0.2) is 53.6 Å². The second-order valence-corrected chi connectivity index (χ2v) is 11.1. The normalized spacial score (nSPS) is 16.8. The van der Waals surface area contributed by atoms with Crippen LogP contribution in [0.2, 0.25) is 5.02 Å². The summed E-state index contributed by atoms with van der Waals surface area (Å²) in [6.45, 7) is 2.90. The first kappa shape index (κ1) is 27.1. The van der Waals surface area contributed by atoms with Crippen LogP contribution in [0.5, 0.6) is 5.75 Å². The maximum absolute atomic E-state index is 13.8. The minimum Gasteiger partial charge on any atom is -0.497 e. The smallest absolute Gasteiger partial charge is 0.136 e. The predicted octanol–water partition coefficient (Wildman–Crippen LogP) is 6.11. The van der Waals surface area contributed by atoms with Gasteiger partial charge in [-0.3, -0.25) is 4.98 Å². The highest BCUT2D eigenvalue weighted by Crippen LogP contribution is 2.40. The highest BCUT2D eigenvalue weighted by molar-refractivity contribution is 7.99. The first-order valence-electron chi connectivity index (χ1n) is 12.5. The lowest BCUT2D eigenvalue weighted by atomic mass is 9.74. The fourth-order valence-electron chi connectivity index (χ4n) is 4.99. The molecule has 0 radical (unpaired) electrons. The summed E-state index contributed by atoms with van der Waals surface area (Å²) in [6.07, 6.45) is 4.80. The van der Waals surface area contributed by atoms with E-state index in [9.17, 15) is 14.6 Å². The average Bonchev–Trinajstić information content (AvgIpc) is 2.91. The molecule has 0 aliphatic carbocycles. The van der Waals surface area contributed by atoms with Crippen molar-refractivity contribution >= 4 is 34.3 Å². The van der Waals surface area contributed by atoms with Crippen molar-refractivity contribution in [3.8, 4) is 5.75 Å². The molecule has 8 heteroatoms. The molecule has 3 aromatic rings. The number of hydrogen-bond acceptors (Lipinski definition) is 6. The van der Waals surface area contributed by atoms with Gasteiger partial charge in [-0.2, -0.15) is 0 Å². The maximum atomic E-state index is 13.8. The van der Waals surface area contributed by atoms with Crippen LogP contribution >= 0.6 is 23.4 Å². The van der Waals surface area contributed by atoms with E-state index < -0.39 is 6.10 Å². The lowest BCUT2D eigenvalue weighted by Gasteiger charge is -2.41. The second-order valence-electron chi connectivity index (χ2n) is 9.59. The summed E-state index contributed by atoms with van der Waals surface area (Å²) in [5.74, 6) is 1.40. The fourth-order valence-corrected chi connectivity index (χ4v) is 6.14. The molecular formula is C28H34ClFN2O3S. The zero-order valence-corrected chi connectivity index (χ0v) is 22.2. The van der Waals surface area contributed by atoms with Crippen LogP contribution < -0.4 is 4.74 Å². The largest absolute Gasteiger partial charge is 0.497 e. The number of hydrogen-bond donors (Lipinski definition) is 2. The average molecular weight is 533 g/mol. The lowest BCUT2D eigenvalue weighted by molar-refractivity contribution is 0.0238. The summed E-state index contributed by atoms with van der Waals surface area (Å²) in [6, 6.07) is 12.5. The Labute approximate surface area is 221 Å². The van der Waals surface area contributed by atoms with Crippen molar-refractivity contribution < 1.29 is 19.3 Å². The van der Waals surface area contributed by atoms with E-state index in [0.717, 1.165) is 55.6 Å². The number of aliphatic hydroxyl groups is 2. The molecule has 0 unspecified atom stereocenters. The number of methoxy groups -OCH3 is 1. The van der Waals surface area contributed by atoms with Gasteiger partial charge in [0.05, 0.1) is 23.8 Å². The van der Waals surface area contributed by atoms with E-state index in [1.54, 1.807) is 31.1 Å². The maximum Gasteiger partial charge on any atom is 0.136 e. The Morgan fingerprint density at radius 1 is 1.22 bits per heavy atom. The molecule has 194 valence electrons. The van der Waals surface area contributed by atoms with Crippen LogP contribution in [-0.2, 0) is 0 Å². The van der Waals surface area contributed by atoms with Gasteiger partial charge in [0.25, 0.3) is 0 Å². The van der Waals surface area contributed by atoms with Crippen molar-refractivity contribution in [1.82, 2.24) is 9.88 Å². The monoisotopic (exact) mass is 532 g/mol. The molecule has 2 aromatic carbocycles. The number of thioether (sulfide) groups is 1. The molecule has 1 fully saturated rings. The van der Waals surface area contributed by atoms with Crippen LogP contribution in [0.25, 0.3) is 10.9 Å². The summed E-state index contributed by atoms with van der Waals surface area (Å²) in [7, 11) is 1.61. The molecule has 1 aliphatic heterocycles. The van der Waals surface area contributed by atoms with Gasteiger partial charge in [0.2, 0.25) is 0 Å². The van der Waals surface area contributed by atoms with Crippen molar-refractivity contribution in [3.05, 3.63) is 65.1 Å². The second kappa shape index (κ2) is 12.6. The van der Waals surface area contributed by atoms with Crippen LogP contribution in [0.1, 0.15) is 43.8 Å². The molecule has 4 rings (SSSR count). The number of rotatable bonds is 11. The van der Waals surface area contributed by atoms with Gasteiger partial charge in [-0.05, 0) is 93.2 Å². The van der Waals surface area contributed by atoms with Crippen LogP contribution in [-0.4, -0.2) is 59.2 Å². The molecule has 1 aromatic heterocycles. The molecule has 1 saturated heterocycles. The summed E-state index contributed by atoms with van der Waals surface area (Å²) < 4.78 is 19.1. The molecule has 2 N–H and O–H groups in total. The van der Waals surface area contributed by atoms with Gasteiger partial charge in [0, 0.05) is 28.6 Å². The van der Waals surface area contributed by atoms with Gasteiger partial charge in [-0.1, -0.05) is 23.7 Å². The molecule has 36 heavy (non-hydrogen) atoms. The molecule has 0 bridgehead atoms. The summed E-state index contributed by atoms with van der Waals surface area (Å²) in [4.78, 5) is 7.50. The zero-order chi connectivity index (χ0) is 25.5. The fraction of sp³-hybridized carbons (Fsp3) is 0.464. The highest BCUT2D eigenvalue weighted by Gasteiger charge is 2.34. The first-order valence-corrected chi connectivity index (χ1v) is 13.8. The number of aromatic nitrogens is 1. The molecule has 0 saturated carbocycles. The van der Waals surface area contributed by atoms with Crippen molar-refractivity contribution in [2.24, 2.45) is 5.41 Å². The van der Waals surface area contributed by atoms with Gasteiger partial charge in [0.1, 0.15) is 11.6 Å². The van der Waals surface area contributed by atoms with Gasteiger partial charge in [-0.15, -0.1) is 11.8 Å². The summed E-state index contributed by atoms with van der Waals surface area (Å²) in [5, 5.41) is 22.6. The third-order valence-corrected chi connectivity index (χ3v) is 8.75. The van der Waals surface area contributed by atoms with Gasteiger partial charge >= 0.3 is 0 Å². The molecule has 1 aliphatic rings. The zero-order valence-electron chi connectivity index (χ0n) is 20.6. The molecule has 0 spiro atoms. The van der Waals surface area contributed by atoms with E-state index in [1.807, 2.05) is 30.3 Å². The Balaban J connectivity index is 1.30. The van der Waals surface area contributed by atoms with Gasteiger partial charge in [-0.25, -0.2) is 4.39 Å². The van der Waals surface area contributed by atoms with Crippen molar-refractivity contribution in [2.45, 2.75) is 43.1 Å². The molecule has 2 heterocycles.